The van der Waals surface area contributed by atoms with Gasteiger partial charge in [0.25, 0.3) is 5.91 Å². The number of aromatic nitrogens is 3. The van der Waals surface area contributed by atoms with Crippen LogP contribution in [0.5, 0.6) is 0 Å². The predicted molar refractivity (Wildman–Crippen MR) is 150 cm³/mol. The average Bonchev–Trinajstić information content (AvgIpc) is 3.25. The van der Waals surface area contributed by atoms with Gasteiger partial charge in [0.2, 0.25) is 0 Å². The Hall–Kier alpha value is -2.69. The molecule has 0 N–H and O–H groups in total. The van der Waals surface area contributed by atoms with E-state index in [9.17, 15) is 4.79 Å². The van der Waals surface area contributed by atoms with Crippen molar-refractivity contribution in [3.05, 3.63) is 60.2 Å². The van der Waals surface area contributed by atoms with Crippen LogP contribution in [0.1, 0.15) is 113 Å². The molecule has 2 heterocycles. The Bertz CT molecular complexity index is 1010. The molecule has 0 fully saturated rings. The number of imidazole rings is 1. The van der Waals surface area contributed by atoms with Gasteiger partial charge in [-0.15, -0.1) is 0 Å². The molecule has 0 saturated carbocycles. The van der Waals surface area contributed by atoms with Gasteiger partial charge in [0.1, 0.15) is 5.82 Å². The number of rotatable bonds is 18. The number of carbonyl (C=O) groups is 1. The van der Waals surface area contributed by atoms with Gasteiger partial charge in [0, 0.05) is 31.5 Å². The van der Waals surface area contributed by atoms with E-state index in [1.165, 1.54) is 83.5 Å². The van der Waals surface area contributed by atoms with Gasteiger partial charge in [0.05, 0.1) is 17.6 Å². The molecular formula is C31H46N4O. The first-order chi connectivity index (χ1) is 17.7. The summed E-state index contributed by atoms with van der Waals surface area (Å²) >= 11 is 0. The van der Waals surface area contributed by atoms with E-state index in [1.54, 1.807) is 29.4 Å². The van der Waals surface area contributed by atoms with Crippen molar-refractivity contribution in [3.8, 4) is 0 Å². The minimum atomic E-state index is -0.00695. The molecule has 0 aliphatic rings. The Morgan fingerprint density at radius 3 is 1.94 bits per heavy atom. The monoisotopic (exact) mass is 490 g/mol. The van der Waals surface area contributed by atoms with Crippen LogP contribution in [-0.2, 0) is 13.1 Å². The van der Waals surface area contributed by atoms with Crippen LogP contribution in [0.2, 0.25) is 0 Å². The van der Waals surface area contributed by atoms with Crippen molar-refractivity contribution in [1.82, 2.24) is 19.4 Å². The van der Waals surface area contributed by atoms with E-state index in [1.807, 2.05) is 13.1 Å². The third-order valence-electron chi connectivity index (χ3n) is 7.12. The molecule has 5 heteroatoms. The lowest BCUT2D eigenvalue weighted by molar-refractivity contribution is 0.0780. The van der Waals surface area contributed by atoms with E-state index >= 15 is 0 Å². The zero-order valence-electron chi connectivity index (χ0n) is 22.6. The third kappa shape index (κ3) is 9.07. The van der Waals surface area contributed by atoms with Crippen LogP contribution in [0.4, 0.5) is 0 Å². The molecule has 0 aliphatic heterocycles. The fraction of sp³-hybridized carbons (Fsp3) is 0.581. The summed E-state index contributed by atoms with van der Waals surface area (Å²) in [5.41, 5.74) is 2.82. The highest BCUT2D eigenvalue weighted by atomic mass is 16.2. The number of carbonyl (C=O) groups excluding carboxylic acids is 1. The van der Waals surface area contributed by atoms with Gasteiger partial charge >= 0.3 is 0 Å². The van der Waals surface area contributed by atoms with Crippen LogP contribution >= 0.6 is 0 Å². The number of hydrogen-bond donors (Lipinski definition) is 0. The average molecular weight is 491 g/mol. The smallest absolute Gasteiger partial charge is 0.254 e. The van der Waals surface area contributed by atoms with Crippen LogP contribution in [0.15, 0.2) is 48.8 Å². The van der Waals surface area contributed by atoms with Crippen LogP contribution in [0, 0.1) is 0 Å². The summed E-state index contributed by atoms with van der Waals surface area (Å²) in [6, 6.07) is 11.8. The standard InChI is InChI=1S/C31H46N4O/c1-3-4-5-6-7-8-9-10-11-12-13-14-15-18-25-35-29-20-17-16-19-28(29)33-30(35)26-34(2)31(36)27-21-23-32-24-22-27/h16-17,19-24H,3-15,18,25-26H2,1-2H3. The zero-order chi connectivity index (χ0) is 25.4. The van der Waals surface area contributed by atoms with Gasteiger partial charge in [-0.2, -0.15) is 0 Å². The number of fused-ring (bicyclic) bond motifs is 1. The second kappa shape index (κ2) is 16.1. The van der Waals surface area contributed by atoms with Gasteiger partial charge in [-0.1, -0.05) is 103 Å². The first-order valence-corrected chi connectivity index (χ1v) is 14.3. The number of hydrogen-bond acceptors (Lipinski definition) is 3. The lowest BCUT2D eigenvalue weighted by Gasteiger charge is -2.18. The second-order valence-electron chi connectivity index (χ2n) is 10.2. The molecule has 196 valence electrons. The van der Waals surface area contributed by atoms with Gasteiger partial charge in [-0.25, -0.2) is 4.98 Å². The van der Waals surface area contributed by atoms with E-state index in [0.29, 0.717) is 12.1 Å². The van der Waals surface area contributed by atoms with Crippen molar-refractivity contribution < 1.29 is 4.79 Å². The van der Waals surface area contributed by atoms with Crippen molar-refractivity contribution in [2.45, 2.75) is 110 Å². The number of aryl methyl sites for hydroxylation is 1. The van der Waals surface area contributed by atoms with Gasteiger partial charge < -0.3 is 9.47 Å². The molecule has 0 unspecified atom stereocenters. The summed E-state index contributed by atoms with van der Waals surface area (Å²) < 4.78 is 2.31. The number of pyridine rings is 1. The molecule has 5 nitrogen and oxygen atoms in total. The summed E-state index contributed by atoms with van der Waals surface area (Å²) in [5.74, 6) is 0.947. The van der Waals surface area contributed by atoms with E-state index in [0.717, 1.165) is 29.8 Å². The Balaban J connectivity index is 1.38. The van der Waals surface area contributed by atoms with Crippen molar-refractivity contribution >= 4 is 16.9 Å². The summed E-state index contributed by atoms with van der Waals surface area (Å²) in [5, 5.41) is 0. The summed E-state index contributed by atoms with van der Waals surface area (Å²) in [6.07, 6.45) is 22.4. The van der Waals surface area contributed by atoms with E-state index in [2.05, 4.69) is 34.7 Å². The summed E-state index contributed by atoms with van der Waals surface area (Å²) in [6.45, 7) is 3.73. The molecule has 0 radical (unpaired) electrons. The topological polar surface area (TPSA) is 51.0 Å². The Morgan fingerprint density at radius 1 is 0.778 bits per heavy atom. The Morgan fingerprint density at radius 2 is 1.33 bits per heavy atom. The Labute approximate surface area is 218 Å². The first-order valence-electron chi connectivity index (χ1n) is 14.3. The van der Waals surface area contributed by atoms with E-state index in [4.69, 9.17) is 4.98 Å². The molecule has 0 spiro atoms. The van der Waals surface area contributed by atoms with Crippen LogP contribution < -0.4 is 0 Å². The van der Waals surface area contributed by atoms with E-state index in [-0.39, 0.29) is 5.91 Å². The quantitative estimate of drug-likeness (QED) is 0.169. The lowest BCUT2D eigenvalue weighted by Crippen LogP contribution is -2.27. The van der Waals surface area contributed by atoms with Gasteiger partial charge in [-0.3, -0.25) is 9.78 Å². The highest BCUT2D eigenvalue weighted by Gasteiger charge is 2.16. The van der Waals surface area contributed by atoms with Crippen molar-refractivity contribution in [2.75, 3.05) is 7.05 Å². The fourth-order valence-corrected chi connectivity index (χ4v) is 4.96. The van der Waals surface area contributed by atoms with Crippen LogP contribution in [0.3, 0.4) is 0 Å². The zero-order valence-corrected chi connectivity index (χ0v) is 22.6. The molecule has 36 heavy (non-hydrogen) atoms. The minimum Gasteiger partial charge on any atom is -0.334 e. The number of benzene rings is 1. The van der Waals surface area contributed by atoms with Crippen molar-refractivity contribution in [3.63, 3.8) is 0 Å². The maximum Gasteiger partial charge on any atom is 0.254 e. The normalized spacial score (nSPS) is 11.3. The maximum absolute atomic E-state index is 12.8. The molecule has 0 saturated heterocycles. The lowest BCUT2D eigenvalue weighted by atomic mass is 10.0. The van der Waals surface area contributed by atoms with Crippen LogP contribution in [0.25, 0.3) is 11.0 Å². The maximum atomic E-state index is 12.8. The fourth-order valence-electron chi connectivity index (χ4n) is 4.96. The molecule has 1 amide bonds. The number of unbranched alkanes of at least 4 members (excludes halogenated alkanes) is 13. The highest BCUT2D eigenvalue weighted by Crippen LogP contribution is 2.20. The van der Waals surface area contributed by atoms with Gasteiger partial charge in [-0.05, 0) is 30.7 Å². The number of nitrogens with zero attached hydrogens (tertiary/aromatic N) is 4. The number of amides is 1. The molecule has 3 aromatic rings. The molecule has 0 atom stereocenters. The molecular weight excluding hydrogens is 444 g/mol. The molecule has 3 rings (SSSR count). The summed E-state index contributed by atoms with van der Waals surface area (Å²) in [4.78, 5) is 23.5. The predicted octanol–water partition coefficient (Wildman–Crippen LogP) is 8.18. The van der Waals surface area contributed by atoms with Gasteiger partial charge in [0.15, 0.2) is 0 Å². The molecule has 2 aromatic heterocycles. The minimum absolute atomic E-state index is 0.00695. The molecule has 0 bridgehead atoms. The first kappa shape index (κ1) is 27.9. The highest BCUT2D eigenvalue weighted by molar-refractivity contribution is 5.93. The van der Waals surface area contributed by atoms with Crippen molar-refractivity contribution in [1.29, 1.82) is 0 Å². The van der Waals surface area contributed by atoms with Crippen molar-refractivity contribution in [2.24, 2.45) is 0 Å². The Kier molecular flexibility index (Phi) is 12.5. The molecule has 0 aliphatic carbocycles. The SMILES string of the molecule is CCCCCCCCCCCCCCCCn1c(CN(C)C(=O)c2ccncc2)nc2ccccc21. The van der Waals surface area contributed by atoms with Crippen LogP contribution in [-0.4, -0.2) is 32.4 Å². The number of para-hydroxylation sites is 2. The second-order valence-corrected chi connectivity index (χ2v) is 10.2. The largest absolute Gasteiger partial charge is 0.334 e. The summed E-state index contributed by atoms with van der Waals surface area (Å²) in [7, 11) is 1.85. The van der Waals surface area contributed by atoms with E-state index < -0.39 is 0 Å². The third-order valence-corrected chi connectivity index (χ3v) is 7.12. The molecule has 1 aromatic carbocycles.